The monoisotopic (exact) mass is 218 g/mol. The quantitative estimate of drug-likeness (QED) is 0.504. The third kappa shape index (κ3) is 3.69. The molecule has 0 aliphatic heterocycles. The summed E-state index contributed by atoms with van der Waals surface area (Å²) in [5.74, 6) is -0.0658. The van der Waals surface area contributed by atoms with E-state index in [1.165, 1.54) is 4.97 Å². The van der Waals surface area contributed by atoms with Crippen molar-refractivity contribution in [2.45, 2.75) is 12.0 Å². The average molecular weight is 217 g/mol. The molecule has 0 heterocycles. The van der Waals surface area contributed by atoms with Gasteiger partial charge in [0.2, 0.25) is 0 Å². The molecular formula is C5H5F3OSe. The van der Waals surface area contributed by atoms with Crippen LogP contribution >= 0.6 is 0 Å². The van der Waals surface area contributed by atoms with Gasteiger partial charge in [0.05, 0.1) is 0 Å². The van der Waals surface area contributed by atoms with Gasteiger partial charge >= 0.3 is 61.8 Å². The summed E-state index contributed by atoms with van der Waals surface area (Å²) >= 11 is -0.0269. The van der Waals surface area contributed by atoms with Gasteiger partial charge in [-0.2, -0.15) is 0 Å². The van der Waals surface area contributed by atoms with Crippen LogP contribution in [-0.4, -0.2) is 26.9 Å². The van der Waals surface area contributed by atoms with Gasteiger partial charge in [-0.3, -0.25) is 0 Å². The van der Waals surface area contributed by atoms with Crippen molar-refractivity contribution >= 4 is 20.7 Å². The van der Waals surface area contributed by atoms with E-state index >= 15 is 0 Å². The molecule has 0 N–H and O–H groups in total. The SMILES string of the molecule is C[Se]/C=C\C(=O)C(F)(F)F. The van der Waals surface area contributed by atoms with E-state index in [4.69, 9.17) is 0 Å². The topological polar surface area (TPSA) is 17.1 Å². The van der Waals surface area contributed by atoms with Crippen LogP contribution in [0.3, 0.4) is 0 Å². The van der Waals surface area contributed by atoms with Crippen molar-refractivity contribution in [3.05, 3.63) is 11.1 Å². The molecule has 0 aliphatic rings. The molecule has 0 aromatic carbocycles. The predicted molar refractivity (Wildman–Crippen MR) is 31.8 cm³/mol. The summed E-state index contributed by atoms with van der Waals surface area (Å²) < 4.78 is 34.1. The number of ketones is 1. The molecule has 0 bridgehead atoms. The fourth-order valence-corrected chi connectivity index (χ4v) is 0.769. The summed E-state index contributed by atoms with van der Waals surface area (Å²) in [6.07, 6.45) is -4.14. The molecule has 0 aromatic heterocycles. The van der Waals surface area contributed by atoms with E-state index in [1.807, 2.05) is 0 Å². The van der Waals surface area contributed by atoms with Crippen molar-refractivity contribution in [3.8, 4) is 0 Å². The minimum absolute atomic E-state index is 0.0269. The molecule has 0 fully saturated rings. The molecule has 10 heavy (non-hydrogen) atoms. The standard InChI is InChI=1S/C5H5F3OSe/c1-10-3-2-4(9)5(6,7)8/h2-3H,1H3/b3-2-. The van der Waals surface area contributed by atoms with Crippen LogP contribution in [-0.2, 0) is 4.79 Å². The Morgan fingerprint density at radius 3 is 2.30 bits per heavy atom. The summed E-state index contributed by atoms with van der Waals surface area (Å²) in [6, 6.07) is 0. The zero-order valence-corrected chi connectivity index (χ0v) is 6.82. The number of hydrogen-bond acceptors (Lipinski definition) is 1. The van der Waals surface area contributed by atoms with E-state index < -0.39 is 12.0 Å². The van der Waals surface area contributed by atoms with Crippen LogP contribution in [0, 0.1) is 0 Å². The molecule has 0 aromatic rings. The average Bonchev–Trinajstić information content (AvgIpc) is 1.80. The first-order valence-electron chi connectivity index (χ1n) is 2.29. The van der Waals surface area contributed by atoms with E-state index in [9.17, 15) is 18.0 Å². The Bertz CT molecular complexity index is 149. The zero-order valence-electron chi connectivity index (χ0n) is 5.11. The van der Waals surface area contributed by atoms with Crippen LogP contribution in [0.15, 0.2) is 11.1 Å². The van der Waals surface area contributed by atoms with Crippen LogP contribution in [0.2, 0.25) is 5.82 Å². The van der Waals surface area contributed by atoms with Gasteiger partial charge in [0, 0.05) is 0 Å². The molecule has 0 saturated heterocycles. The minimum atomic E-state index is -4.71. The van der Waals surface area contributed by atoms with Crippen molar-refractivity contribution in [2.24, 2.45) is 0 Å². The fraction of sp³-hybridized carbons (Fsp3) is 0.400. The Hall–Kier alpha value is -0.281. The Balaban J connectivity index is 3.98. The van der Waals surface area contributed by atoms with E-state index in [1.54, 1.807) is 5.82 Å². The van der Waals surface area contributed by atoms with Gasteiger partial charge in [-0.15, -0.1) is 0 Å². The maximum atomic E-state index is 11.4. The fourth-order valence-electron chi connectivity index (χ4n) is 0.224. The molecule has 5 heteroatoms. The Morgan fingerprint density at radius 1 is 1.50 bits per heavy atom. The number of allylic oxidation sites excluding steroid dienone is 1. The van der Waals surface area contributed by atoms with Crippen LogP contribution in [0.4, 0.5) is 13.2 Å². The summed E-state index contributed by atoms with van der Waals surface area (Å²) in [5.41, 5.74) is 0. The second-order valence-electron chi connectivity index (χ2n) is 1.40. The van der Waals surface area contributed by atoms with Crippen molar-refractivity contribution in [3.63, 3.8) is 0 Å². The first-order valence-corrected chi connectivity index (χ1v) is 4.99. The number of hydrogen-bond donors (Lipinski definition) is 0. The van der Waals surface area contributed by atoms with Crippen LogP contribution in [0.1, 0.15) is 0 Å². The van der Waals surface area contributed by atoms with Gasteiger partial charge in [-0.05, 0) is 0 Å². The van der Waals surface area contributed by atoms with Gasteiger partial charge in [-0.25, -0.2) is 0 Å². The Kier molecular flexibility index (Phi) is 3.68. The second kappa shape index (κ2) is 3.78. The van der Waals surface area contributed by atoms with E-state index in [-0.39, 0.29) is 15.0 Å². The molecule has 0 radical (unpaired) electrons. The molecule has 0 spiro atoms. The van der Waals surface area contributed by atoms with E-state index in [0.717, 1.165) is 0 Å². The van der Waals surface area contributed by atoms with Crippen molar-refractivity contribution in [1.29, 1.82) is 0 Å². The van der Waals surface area contributed by atoms with Gasteiger partial charge in [0.1, 0.15) is 0 Å². The maximum absolute atomic E-state index is 11.4. The molecule has 0 saturated carbocycles. The van der Waals surface area contributed by atoms with Crippen molar-refractivity contribution in [2.75, 3.05) is 0 Å². The Morgan fingerprint density at radius 2 is 2.00 bits per heavy atom. The molecule has 0 aliphatic carbocycles. The van der Waals surface area contributed by atoms with Crippen LogP contribution < -0.4 is 0 Å². The summed E-state index contributed by atoms with van der Waals surface area (Å²) in [4.78, 5) is 11.3. The summed E-state index contributed by atoms with van der Waals surface area (Å²) in [6.45, 7) is 0. The molecule has 0 atom stereocenters. The van der Waals surface area contributed by atoms with Gasteiger partial charge in [0.15, 0.2) is 0 Å². The van der Waals surface area contributed by atoms with Gasteiger partial charge in [0.25, 0.3) is 0 Å². The third-order valence-electron chi connectivity index (χ3n) is 0.635. The molecule has 0 unspecified atom stereocenters. The Labute approximate surface area is 62.4 Å². The van der Waals surface area contributed by atoms with Crippen LogP contribution in [0.25, 0.3) is 0 Å². The number of alkyl halides is 3. The van der Waals surface area contributed by atoms with Gasteiger partial charge < -0.3 is 0 Å². The number of carbonyl (C=O) groups is 1. The van der Waals surface area contributed by atoms with Crippen molar-refractivity contribution in [1.82, 2.24) is 0 Å². The van der Waals surface area contributed by atoms with Crippen molar-refractivity contribution < 1.29 is 18.0 Å². The van der Waals surface area contributed by atoms with Gasteiger partial charge in [-0.1, -0.05) is 0 Å². The summed E-state index contributed by atoms with van der Waals surface area (Å²) in [5, 5.41) is 0. The zero-order chi connectivity index (χ0) is 8.20. The van der Waals surface area contributed by atoms with Crippen LogP contribution in [0.5, 0.6) is 0 Å². The van der Waals surface area contributed by atoms with E-state index in [0.29, 0.717) is 6.08 Å². The molecule has 58 valence electrons. The summed E-state index contributed by atoms with van der Waals surface area (Å²) in [7, 11) is 0. The molecule has 1 nitrogen and oxygen atoms in total. The second-order valence-corrected chi connectivity index (χ2v) is 2.96. The first-order chi connectivity index (χ1) is 4.48. The molecule has 0 amide bonds. The first kappa shape index (κ1) is 9.72. The number of rotatable bonds is 2. The molecular weight excluding hydrogens is 212 g/mol. The number of halogens is 3. The van der Waals surface area contributed by atoms with E-state index in [2.05, 4.69) is 0 Å². The molecule has 0 rings (SSSR count). The number of carbonyl (C=O) groups excluding carboxylic acids is 1. The third-order valence-corrected chi connectivity index (χ3v) is 1.49. The predicted octanol–water partition coefficient (Wildman–Crippen LogP) is 1.38. The normalized spacial score (nSPS) is 12.4.